The van der Waals surface area contributed by atoms with Crippen LogP contribution in [0.3, 0.4) is 0 Å². The Morgan fingerprint density at radius 3 is 2.46 bits per heavy atom. The quantitative estimate of drug-likeness (QED) is 0.416. The maximum absolute atomic E-state index is 15.1. The molecule has 41 heavy (non-hydrogen) atoms. The topological polar surface area (TPSA) is 68.6 Å². The van der Waals surface area contributed by atoms with E-state index in [9.17, 15) is 27.5 Å². The first kappa shape index (κ1) is 28.0. The minimum Gasteiger partial charge on any atom is -0.372 e. The summed E-state index contributed by atoms with van der Waals surface area (Å²) in [6.07, 6.45) is -3.72. The summed E-state index contributed by atoms with van der Waals surface area (Å²) in [7, 11) is 0. The molecular weight excluding hydrogens is 567 g/mol. The van der Waals surface area contributed by atoms with Gasteiger partial charge in [-0.25, -0.2) is 13.8 Å². The first-order valence-electron chi connectivity index (χ1n) is 13.3. The lowest BCUT2D eigenvalue weighted by molar-refractivity contribution is -0.137. The van der Waals surface area contributed by atoms with Crippen molar-refractivity contribution in [3.05, 3.63) is 59.7 Å². The lowest BCUT2D eigenvalue weighted by Gasteiger charge is -2.41. The summed E-state index contributed by atoms with van der Waals surface area (Å²) in [5.41, 5.74) is -1.45. The molecule has 218 valence electrons. The standard InChI is InChI=1S/C28H27F5N4O3S/c1-2-22(38)35-7-9-36(10-8-35)26-19-12-20(28(31,32)33)23(18-6-3-15(29)11-21(18)30)25-24(19)37(27(39)34-26)13-17(14-41-25)40-16-4-5-16/h2-3,6,11-12,16-17,27,39H,1,4-5,7-10,13-14H2. The Balaban J connectivity index is 1.52. The number of carbonyl (C=O) groups is 1. The van der Waals surface area contributed by atoms with Gasteiger partial charge in [0.25, 0.3) is 0 Å². The minimum absolute atomic E-state index is 0.0524. The van der Waals surface area contributed by atoms with E-state index >= 15 is 4.39 Å². The lowest BCUT2D eigenvalue weighted by Crippen LogP contribution is -2.53. The largest absolute Gasteiger partial charge is 0.417 e. The smallest absolute Gasteiger partial charge is 0.372 e. The van der Waals surface area contributed by atoms with E-state index in [1.54, 1.807) is 9.80 Å². The van der Waals surface area contributed by atoms with E-state index in [0.717, 1.165) is 42.8 Å². The second kappa shape index (κ2) is 10.6. The van der Waals surface area contributed by atoms with Gasteiger partial charge in [0, 0.05) is 66.1 Å². The maximum Gasteiger partial charge on any atom is 0.417 e. The van der Waals surface area contributed by atoms with E-state index in [1.807, 2.05) is 0 Å². The molecule has 2 aromatic rings. The molecule has 7 nitrogen and oxygen atoms in total. The van der Waals surface area contributed by atoms with Gasteiger partial charge in [0.15, 0.2) is 0 Å². The van der Waals surface area contributed by atoms with Crippen LogP contribution in [-0.4, -0.2) is 83.7 Å². The molecule has 2 aromatic carbocycles. The molecule has 0 aromatic heterocycles. The van der Waals surface area contributed by atoms with E-state index in [2.05, 4.69) is 11.6 Å². The molecule has 4 aliphatic rings. The van der Waals surface area contributed by atoms with Crippen molar-refractivity contribution in [1.82, 2.24) is 9.80 Å². The summed E-state index contributed by atoms with van der Waals surface area (Å²) >= 11 is 1.10. The number of hydrogen-bond acceptors (Lipinski definition) is 7. The van der Waals surface area contributed by atoms with Crippen molar-refractivity contribution in [2.75, 3.05) is 43.4 Å². The van der Waals surface area contributed by atoms with E-state index < -0.39 is 41.4 Å². The molecule has 1 N–H and O–H groups in total. The molecule has 2 fully saturated rings. The number of nitrogens with zero attached hydrogens (tertiary/aromatic N) is 4. The van der Waals surface area contributed by atoms with E-state index in [1.165, 1.54) is 11.0 Å². The number of anilines is 1. The Morgan fingerprint density at radius 1 is 1.10 bits per heavy atom. The van der Waals surface area contributed by atoms with Crippen LogP contribution >= 0.6 is 11.8 Å². The molecular formula is C28H27F5N4O3S. The third-order valence-electron chi connectivity index (χ3n) is 7.59. The van der Waals surface area contributed by atoms with Crippen molar-refractivity contribution in [2.45, 2.75) is 42.5 Å². The number of thioether (sulfide) groups is 1. The van der Waals surface area contributed by atoms with E-state index in [0.29, 0.717) is 24.8 Å². The first-order valence-corrected chi connectivity index (χ1v) is 14.2. The van der Waals surface area contributed by atoms with Crippen molar-refractivity contribution in [2.24, 2.45) is 4.99 Å². The highest BCUT2D eigenvalue weighted by atomic mass is 32.2. The lowest BCUT2D eigenvalue weighted by atomic mass is 9.93. The Kier molecular flexibility index (Phi) is 7.23. The van der Waals surface area contributed by atoms with Crippen molar-refractivity contribution >= 4 is 29.2 Å². The number of amidine groups is 1. The van der Waals surface area contributed by atoms with Crippen LogP contribution in [0.25, 0.3) is 11.1 Å². The van der Waals surface area contributed by atoms with Crippen LogP contribution in [0.4, 0.5) is 27.6 Å². The third-order valence-corrected chi connectivity index (χ3v) is 8.82. The summed E-state index contributed by atoms with van der Waals surface area (Å²) in [5, 5.41) is 11.3. The number of benzene rings is 2. The Labute approximate surface area is 237 Å². The molecule has 1 saturated heterocycles. The average Bonchev–Trinajstić information content (AvgIpc) is 3.77. The number of halogens is 5. The molecule has 6 rings (SSSR count). The fraction of sp³-hybridized carbons (Fsp3) is 0.429. The number of aliphatic hydroxyl groups excluding tert-OH is 1. The number of alkyl halides is 3. The second-order valence-corrected chi connectivity index (χ2v) is 11.4. The van der Waals surface area contributed by atoms with Gasteiger partial charge in [-0.15, -0.1) is 11.8 Å². The molecule has 0 spiro atoms. The molecule has 13 heteroatoms. The van der Waals surface area contributed by atoms with Crippen molar-refractivity contribution < 1.29 is 36.6 Å². The zero-order valence-electron chi connectivity index (χ0n) is 21.8. The number of aliphatic hydroxyl groups is 1. The molecule has 3 aliphatic heterocycles. The highest BCUT2D eigenvalue weighted by Crippen LogP contribution is 2.52. The van der Waals surface area contributed by atoms with Gasteiger partial charge < -0.3 is 24.5 Å². The number of ether oxygens (including phenoxy) is 1. The third kappa shape index (κ3) is 5.30. The van der Waals surface area contributed by atoms with Crippen LogP contribution < -0.4 is 4.90 Å². The normalized spacial score (nSPS) is 22.7. The summed E-state index contributed by atoms with van der Waals surface area (Å²) in [6, 6.07) is 3.44. The first-order chi connectivity index (χ1) is 19.5. The molecule has 3 heterocycles. The van der Waals surface area contributed by atoms with Gasteiger partial charge in [-0.1, -0.05) is 6.58 Å². The van der Waals surface area contributed by atoms with Gasteiger partial charge in [0.05, 0.1) is 23.5 Å². The molecule has 2 unspecified atom stereocenters. The number of carbonyl (C=O) groups excluding carboxylic acids is 1. The maximum atomic E-state index is 15.1. The highest BCUT2D eigenvalue weighted by Gasteiger charge is 2.44. The molecule has 0 radical (unpaired) electrons. The Morgan fingerprint density at radius 2 is 1.83 bits per heavy atom. The highest BCUT2D eigenvalue weighted by molar-refractivity contribution is 7.99. The predicted molar refractivity (Wildman–Crippen MR) is 144 cm³/mol. The van der Waals surface area contributed by atoms with Crippen LogP contribution in [0.1, 0.15) is 24.0 Å². The van der Waals surface area contributed by atoms with Crippen molar-refractivity contribution in [3.8, 4) is 11.1 Å². The Bertz CT molecular complexity index is 1420. The summed E-state index contributed by atoms with van der Waals surface area (Å²) in [6.45, 7) is 4.80. The zero-order valence-corrected chi connectivity index (χ0v) is 22.6. The van der Waals surface area contributed by atoms with Crippen molar-refractivity contribution in [1.29, 1.82) is 0 Å². The monoisotopic (exact) mass is 594 g/mol. The molecule has 0 bridgehead atoms. The van der Waals surface area contributed by atoms with Gasteiger partial charge >= 0.3 is 6.18 Å². The SMILES string of the molecule is C=CC(=O)N1CCN(C2=NC(O)N3CC(OC4CC4)CSc4c(-c5ccc(F)cc5F)c(C(F)(F)F)cc2c43)CC1. The summed E-state index contributed by atoms with van der Waals surface area (Å²) < 4.78 is 79.2. The summed E-state index contributed by atoms with van der Waals surface area (Å²) in [5.74, 6) is -1.86. The van der Waals surface area contributed by atoms with E-state index in [4.69, 9.17) is 4.74 Å². The molecule has 2 atom stereocenters. The van der Waals surface area contributed by atoms with Crippen LogP contribution in [0.15, 0.2) is 46.8 Å². The van der Waals surface area contributed by atoms with Crippen LogP contribution in [0, 0.1) is 11.6 Å². The number of hydrogen-bond donors (Lipinski definition) is 1. The fourth-order valence-electron chi connectivity index (χ4n) is 5.50. The van der Waals surface area contributed by atoms with E-state index in [-0.39, 0.29) is 59.3 Å². The van der Waals surface area contributed by atoms with Crippen LogP contribution in [0.5, 0.6) is 0 Å². The van der Waals surface area contributed by atoms with Crippen LogP contribution in [0.2, 0.25) is 0 Å². The van der Waals surface area contributed by atoms with Gasteiger partial charge in [-0.2, -0.15) is 13.2 Å². The summed E-state index contributed by atoms with van der Waals surface area (Å²) in [4.78, 5) is 21.5. The van der Waals surface area contributed by atoms with Crippen molar-refractivity contribution in [3.63, 3.8) is 0 Å². The van der Waals surface area contributed by atoms with Gasteiger partial charge in [-0.05, 0) is 37.1 Å². The number of rotatable bonds is 4. The molecule has 1 amide bonds. The van der Waals surface area contributed by atoms with Gasteiger partial charge in [-0.3, -0.25) is 4.79 Å². The Hall–Kier alpha value is -3.16. The number of aliphatic imine (C=N–C) groups is 1. The predicted octanol–water partition coefficient (Wildman–Crippen LogP) is 4.48. The fourth-order valence-corrected chi connectivity index (χ4v) is 6.77. The number of piperazine rings is 1. The minimum atomic E-state index is -4.89. The van der Waals surface area contributed by atoms with Gasteiger partial charge in [0.1, 0.15) is 17.5 Å². The van der Waals surface area contributed by atoms with Crippen LogP contribution in [-0.2, 0) is 15.7 Å². The number of amides is 1. The average molecular weight is 595 g/mol. The second-order valence-electron chi connectivity index (χ2n) is 10.4. The zero-order chi connectivity index (χ0) is 29.1. The van der Waals surface area contributed by atoms with Gasteiger partial charge in [0.2, 0.25) is 12.3 Å². The molecule has 1 saturated carbocycles. The molecule has 1 aliphatic carbocycles.